The summed E-state index contributed by atoms with van der Waals surface area (Å²) in [6, 6.07) is 6.06. The van der Waals surface area contributed by atoms with Crippen molar-refractivity contribution in [3.8, 4) is 0 Å². The van der Waals surface area contributed by atoms with Crippen LogP contribution < -0.4 is 0 Å². The van der Waals surface area contributed by atoms with E-state index in [0.717, 1.165) is 0 Å². The highest BCUT2D eigenvalue weighted by molar-refractivity contribution is 6.06. The number of rotatable bonds is 8. The van der Waals surface area contributed by atoms with Crippen molar-refractivity contribution in [3.63, 3.8) is 0 Å². The average molecular weight is 428 g/mol. The van der Waals surface area contributed by atoms with Crippen LogP contribution in [0.15, 0.2) is 39.5 Å². The number of benzene rings is 1. The zero-order chi connectivity index (χ0) is 22.5. The number of aryl methyl sites for hydroxylation is 1. The summed E-state index contributed by atoms with van der Waals surface area (Å²) in [5.41, 5.74) is 2.44. The highest BCUT2D eigenvalue weighted by Gasteiger charge is 2.41. The predicted molar refractivity (Wildman–Crippen MR) is 112 cm³/mol. The lowest BCUT2D eigenvalue weighted by Gasteiger charge is -2.31. The molecule has 2 atom stereocenters. The summed E-state index contributed by atoms with van der Waals surface area (Å²) in [5, 5.41) is 15.1. The van der Waals surface area contributed by atoms with Gasteiger partial charge in [0.15, 0.2) is 5.82 Å². The number of non-ortho nitro benzene ring substituents is 1. The van der Waals surface area contributed by atoms with Gasteiger partial charge in [-0.25, -0.2) is 0 Å². The second-order valence-corrected chi connectivity index (χ2v) is 7.09. The normalized spacial score (nSPS) is 18.6. The van der Waals surface area contributed by atoms with E-state index in [1.165, 1.54) is 19.2 Å². The Hall–Kier alpha value is -3.40. The van der Waals surface area contributed by atoms with Gasteiger partial charge in [0.05, 0.1) is 11.5 Å². The topological polar surface area (TPSA) is 130 Å². The number of nitrogens with zero attached hydrogens (tertiary/aromatic N) is 4. The van der Waals surface area contributed by atoms with Gasteiger partial charge in [0.2, 0.25) is 0 Å². The van der Waals surface area contributed by atoms with Gasteiger partial charge in [0, 0.05) is 48.6 Å². The SMILES string of the molecule is CCc1noc(C2=C(C)N=C(C)C(C(=O)OCCOC)C2c2ccc([N+](=O)[O-])cc2)n1. The number of nitro benzene ring substituents is 1. The van der Waals surface area contributed by atoms with E-state index in [1.807, 2.05) is 6.92 Å². The summed E-state index contributed by atoms with van der Waals surface area (Å²) < 4.78 is 15.8. The monoisotopic (exact) mass is 428 g/mol. The Morgan fingerprint density at radius 3 is 2.52 bits per heavy atom. The number of hydrogen-bond acceptors (Lipinski definition) is 9. The maximum Gasteiger partial charge on any atom is 0.315 e. The van der Waals surface area contributed by atoms with Crippen molar-refractivity contribution in [3.05, 3.63) is 57.4 Å². The van der Waals surface area contributed by atoms with Crippen LogP contribution in [0.5, 0.6) is 0 Å². The molecule has 0 amide bonds. The van der Waals surface area contributed by atoms with E-state index in [4.69, 9.17) is 14.0 Å². The Labute approximate surface area is 179 Å². The third kappa shape index (κ3) is 4.69. The molecule has 164 valence electrons. The molecule has 1 aliphatic rings. The maximum atomic E-state index is 13.0. The Balaban J connectivity index is 2.10. The molecular formula is C21H24N4O6. The average Bonchev–Trinajstić information content (AvgIpc) is 3.22. The van der Waals surface area contributed by atoms with Gasteiger partial charge >= 0.3 is 5.97 Å². The van der Waals surface area contributed by atoms with Crippen molar-refractivity contribution < 1.29 is 23.7 Å². The van der Waals surface area contributed by atoms with Crippen molar-refractivity contribution in [2.45, 2.75) is 33.1 Å². The molecule has 3 rings (SSSR count). The molecule has 1 aliphatic heterocycles. The fourth-order valence-corrected chi connectivity index (χ4v) is 3.61. The van der Waals surface area contributed by atoms with Crippen LogP contribution in [0.1, 0.15) is 44.0 Å². The summed E-state index contributed by atoms with van der Waals surface area (Å²) in [4.78, 5) is 32.6. The summed E-state index contributed by atoms with van der Waals surface area (Å²) in [7, 11) is 1.52. The van der Waals surface area contributed by atoms with Crippen molar-refractivity contribution >= 4 is 22.9 Å². The van der Waals surface area contributed by atoms with E-state index in [2.05, 4.69) is 15.1 Å². The molecule has 0 aliphatic carbocycles. The largest absolute Gasteiger partial charge is 0.463 e. The van der Waals surface area contributed by atoms with Crippen molar-refractivity contribution in [2.24, 2.45) is 10.9 Å². The first-order chi connectivity index (χ1) is 14.9. The zero-order valence-corrected chi connectivity index (χ0v) is 17.8. The number of hydrogen-bond donors (Lipinski definition) is 0. The van der Waals surface area contributed by atoms with Crippen LogP contribution in [-0.2, 0) is 20.7 Å². The molecule has 0 saturated carbocycles. The minimum atomic E-state index is -0.756. The molecule has 0 saturated heterocycles. The smallest absolute Gasteiger partial charge is 0.315 e. The standard InChI is InChI=1S/C21H24N4O6/c1-5-16-23-20(31-24-16)17-12(2)22-13(3)18(21(26)30-11-10-29-4)19(17)14-6-8-15(9-7-14)25(27)28/h6-9,18-19H,5,10-11H2,1-4H3. The molecule has 10 heteroatoms. The number of aromatic nitrogens is 2. The van der Waals surface area contributed by atoms with E-state index in [9.17, 15) is 14.9 Å². The predicted octanol–water partition coefficient (Wildman–Crippen LogP) is 3.34. The molecule has 1 aromatic heterocycles. The molecule has 10 nitrogen and oxygen atoms in total. The van der Waals surface area contributed by atoms with Crippen molar-refractivity contribution in [2.75, 3.05) is 20.3 Å². The number of nitro groups is 1. The van der Waals surface area contributed by atoms with Crippen LogP contribution in [0.3, 0.4) is 0 Å². The van der Waals surface area contributed by atoms with E-state index in [0.29, 0.717) is 34.8 Å². The van der Waals surface area contributed by atoms with Gasteiger partial charge in [0.1, 0.15) is 12.5 Å². The molecule has 0 fully saturated rings. The molecule has 2 aromatic rings. The van der Waals surface area contributed by atoms with Crippen LogP contribution in [0, 0.1) is 16.0 Å². The zero-order valence-electron chi connectivity index (χ0n) is 17.8. The van der Waals surface area contributed by atoms with Crippen molar-refractivity contribution in [1.29, 1.82) is 0 Å². The summed E-state index contributed by atoms with van der Waals surface area (Å²) in [6.07, 6.45) is 0.586. The van der Waals surface area contributed by atoms with Crippen LogP contribution >= 0.6 is 0 Å². The van der Waals surface area contributed by atoms with Crippen molar-refractivity contribution in [1.82, 2.24) is 10.1 Å². The molecule has 0 spiro atoms. The van der Waals surface area contributed by atoms with Gasteiger partial charge in [-0.1, -0.05) is 24.2 Å². The number of esters is 1. The second-order valence-electron chi connectivity index (χ2n) is 7.09. The molecule has 2 heterocycles. The summed E-state index contributed by atoms with van der Waals surface area (Å²) in [5.74, 6) is -0.985. The number of carbonyl (C=O) groups excluding carboxylic acids is 1. The number of ether oxygens (including phenoxy) is 2. The van der Waals surface area contributed by atoms with Gasteiger partial charge in [-0.05, 0) is 19.4 Å². The first-order valence-electron chi connectivity index (χ1n) is 9.86. The second kappa shape index (κ2) is 9.61. The van der Waals surface area contributed by atoms with Gasteiger partial charge in [-0.3, -0.25) is 19.9 Å². The summed E-state index contributed by atoms with van der Waals surface area (Å²) >= 11 is 0. The number of aliphatic imine (C=N–C) groups is 1. The van der Waals surface area contributed by atoms with Gasteiger partial charge in [-0.2, -0.15) is 4.98 Å². The lowest BCUT2D eigenvalue weighted by atomic mass is 9.75. The molecule has 31 heavy (non-hydrogen) atoms. The number of methoxy groups -OCH3 is 1. The number of carbonyl (C=O) groups is 1. The molecule has 0 radical (unpaired) electrons. The highest BCUT2D eigenvalue weighted by Crippen LogP contribution is 2.44. The van der Waals surface area contributed by atoms with Crippen LogP contribution in [0.25, 0.3) is 5.57 Å². The lowest BCUT2D eigenvalue weighted by Crippen LogP contribution is -2.34. The van der Waals surface area contributed by atoms with Crippen LogP contribution in [-0.4, -0.2) is 47.1 Å². The molecule has 2 unspecified atom stereocenters. The molecular weight excluding hydrogens is 404 g/mol. The number of allylic oxidation sites excluding steroid dienone is 2. The minimum absolute atomic E-state index is 0.0440. The fraction of sp³-hybridized carbons (Fsp3) is 0.429. The maximum absolute atomic E-state index is 13.0. The summed E-state index contributed by atoms with van der Waals surface area (Å²) in [6.45, 7) is 5.83. The van der Waals surface area contributed by atoms with E-state index in [1.54, 1.807) is 26.0 Å². The Bertz CT molecular complexity index is 1020. The molecule has 0 N–H and O–H groups in total. The lowest BCUT2D eigenvalue weighted by molar-refractivity contribution is -0.384. The van der Waals surface area contributed by atoms with E-state index < -0.39 is 22.7 Å². The van der Waals surface area contributed by atoms with Gasteiger partial charge < -0.3 is 14.0 Å². The quantitative estimate of drug-likeness (QED) is 0.271. The third-order valence-electron chi connectivity index (χ3n) is 5.09. The van der Waals surface area contributed by atoms with Gasteiger partial charge in [0.25, 0.3) is 11.6 Å². The first-order valence-corrected chi connectivity index (χ1v) is 9.86. The molecule has 0 bridgehead atoms. The third-order valence-corrected chi connectivity index (χ3v) is 5.09. The molecule has 1 aromatic carbocycles. The Morgan fingerprint density at radius 2 is 1.94 bits per heavy atom. The fourth-order valence-electron chi connectivity index (χ4n) is 3.61. The minimum Gasteiger partial charge on any atom is -0.463 e. The first kappa shape index (κ1) is 22.3. The van der Waals surface area contributed by atoms with E-state index in [-0.39, 0.29) is 24.8 Å². The highest BCUT2D eigenvalue weighted by atomic mass is 16.6. The van der Waals surface area contributed by atoms with Crippen LogP contribution in [0.2, 0.25) is 0 Å². The van der Waals surface area contributed by atoms with E-state index >= 15 is 0 Å². The Morgan fingerprint density at radius 1 is 1.23 bits per heavy atom. The Kier molecular flexibility index (Phi) is 6.91. The van der Waals surface area contributed by atoms with Gasteiger partial charge in [-0.15, -0.1) is 0 Å². The van der Waals surface area contributed by atoms with Crippen LogP contribution in [0.4, 0.5) is 5.69 Å².